The van der Waals surface area contributed by atoms with E-state index in [4.69, 9.17) is 17.6 Å². The average molecular weight is 614 g/mol. The van der Waals surface area contributed by atoms with Crippen molar-refractivity contribution < 1.29 is 12.3 Å². The van der Waals surface area contributed by atoms with E-state index in [1.807, 2.05) is 24.3 Å². The Morgan fingerprint density at radius 2 is 1.02 bits per heavy atom. The third kappa shape index (κ3) is 13.6. The lowest BCUT2D eigenvalue weighted by Crippen LogP contribution is -2.56. The number of hydrogen-bond donors (Lipinski definition) is 0. The Kier molecular flexibility index (Phi) is 13.8. The Bertz CT molecular complexity index is 1060. The molecular weight excluding hydrogens is 559 g/mol. The summed E-state index contributed by atoms with van der Waals surface area (Å²) < 4.78 is 20.5. The highest BCUT2D eigenvalue weighted by molar-refractivity contribution is 6.89. The molecule has 0 N–H and O–H groups in total. The monoisotopic (exact) mass is 613 g/mol. The summed E-state index contributed by atoms with van der Waals surface area (Å²) in [5, 5.41) is 9.03. The van der Waals surface area contributed by atoms with Gasteiger partial charge in [-0.05, 0) is 99.7 Å². The summed E-state index contributed by atoms with van der Waals surface area (Å²) in [6.07, 6.45) is 10.4. The van der Waals surface area contributed by atoms with Crippen LogP contribution in [0.1, 0.15) is 63.0 Å². The lowest BCUT2D eigenvalue weighted by Gasteiger charge is -2.41. The fourth-order valence-corrected chi connectivity index (χ4v) is 24.9. The second kappa shape index (κ2) is 15.8. The fraction of sp³-hybridized carbons (Fsp3) is 0.594. The van der Waals surface area contributed by atoms with Crippen LogP contribution >= 0.6 is 0 Å². The normalized spacial score (nSPS) is 12.9. The van der Waals surface area contributed by atoms with Gasteiger partial charge in [-0.1, -0.05) is 88.3 Å². The maximum Gasteiger partial charge on any atom is 0.312 e. The van der Waals surface area contributed by atoms with E-state index < -0.39 is 33.8 Å². The molecule has 8 heteroatoms. The molecular formula is C32H55NO3Si4. The third-order valence-corrected chi connectivity index (χ3v) is 22.5. The Morgan fingerprint density at radius 3 is 1.52 bits per heavy atom. The van der Waals surface area contributed by atoms with Crippen LogP contribution in [0.25, 0.3) is 11.1 Å². The molecule has 40 heavy (non-hydrogen) atoms. The van der Waals surface area contributed by atoms with Gasteiger partial charge in [0.05, 0.1) is 11.6 Å². The van der Waals surface area contributed by atoms with Crippen LogP contribution in [-0.4, -0.2) is 33.8 Å². The highest BCUT2D eigenvalue weighted by atomic mass is 28.5. The minimum absolute atomic E-state index is 0.690. The summed E-state index contributed by atoms with van der Waals surface area (Å²) in [6.45, 7) is 20.5. The van der Waals surface area contributed by atoms with Gasteiger partial charge in [0.25, 0.3) is 0 Å². The zero-order valence-electron chi connectivity index (χ0n) is 26.9. The molecule has 2 aromatic rings. The number of unbranched alkanes of at least 4 members (excludes halogenated alkanes) is 6. The summed E-state index contributed by atoms with van der Waals surface area (Å²) in [5.41, 5.74) is 4.33. The molecule has 0 aliphatic heterocycles. The van der Waals surface area contributed by atoms with E-state index in [0.717, 1.165) is 18.0 Å². The third-order valence-electron chi connectivity index (χ3n) is 7.24. The van der Waals surface area contributed by atoms with Crippen LogP contribution in [0.5, 0.6) is 0 Å². The first-order valence-electron chi connectivity index (χ1n) is 15.4. The average Bonchev–Trinajstić information content (AvgIpc) is 2.85. The van der Waals surface area contributed by atoms with Crippen molar-refractivity contribution in [2.45, 2.75) is 123 Å². The van der Waals surface area contributed by atoms with Crippen molar-refractivity contribution in [1.29, 1.82) is 5.26 Å². The van der Waals surface area contributed by atoms with E-state index in [2.05, 4.69) is 89.6 Å². The zero-order valence-corrected chi connectivity index (χ0v) is 30.9. The van der Waals surface area contributed by atoms with E-state index in [-0.39, 0.29) is 0 Å². The second-order valence-electron chi connectivity index (χ2n) is 13.4. The van der Waals surface area contributed by atoms with Gasteiger partial charge in [-0.15, -0.1) is 0 Å². The molecule has 0 aliphatic rings. The van der Waals surface area contributed by atoms with E-state index >= 15 is 0 Å². The summed E-state index contributed by atoms with van der Waals surface area (Å²) in [5.74, 6) is 0. The highest BCUT2D eigenvalue weighted by Crippen LogP contribution is 2.29. The zero-order chi connectivity index (χ0) is 29.9. The van der Waals surface area contributed by atoms with Gasteiger partial charge in [0, 0.05) is 0 Å². The molecule has 222 valence electrons. The van der Waals surface area contributed by atoms with Crippen LogP contribution in [0.4, 0.5) is 0 Å². The van der Waals surface area contributed by atoms with Crippen molar-refractivity contribution >= 4 is 33.8 Å². The number of rotatable bonds is 18. The molecule has 0 aliphatic carbocycles. The predicted molar refractivity (Wildman–Crippen MR) is 181 cm³/mol. The van der Waals surface area contributed by atoms with Gasteiger partial charge in [0.15, 0.2) is 16.6 Å². The van der Waals surface area contributed by atoms with Crippen LogP contribution in [0, 0.1) is 11.3 Å². The first-order valence-corrected chi connectivity index (χ1v) is 27.2. The molecule has 2 rings (SSSR count). The molecule has 2 aromatic carbocycles. The Morgan fingerprint density at radius 1 is 0.575 bits per heavy atom. The molecule has 4 nitrogen and oxygen atoms in total. The SMILES string of the molecule is CCCCCCCCC[Si](C)(C)O[Si](C)(C)O[Si](C)(C)O[Si](C)(C)CCc1ccc(-c2ccc(C#N)cc2)cc1. The summed E-state index contributed by atoms with van der Waals surface area (Å²) in [7, 11) is -8.31. The molecule has 0 atom stereocenters. The number of hydrogen-bond acceptors (Lipinski definition) is 4. The lowest BCUT2D eigenvalue weighted by atomic mass is 10.0. The van der Waals surface area contributed by atoms with Crippen molar-refractivity contribution in [2.75, 3.05) is 0 Å². The van der Waals surface area contributed by atoms with Crippen LogP contribution in [0.2, 0.25) is 64.5 Å². The molecule has 0 saturated carbocycles. The van der Waals surface area contributed by atoms with Gasteiger partial charge < -0.3 is 12.3 Å². The maximum atomic E-state index is 9.03. The first-order chi connectivity index (χ1) is 18.7. The van der Waals surface area contributed by atoms with Gasteiger partial charge in [-0.25, -0.2) is 0 Å². The van der Waals surface area contributed by atoms with Crippen molar-refractivity contribution in [3.05, 3.63) is 59.7 Å². The number of nitrogens with zero attached hydrogens (tertiary/aromatic N) is 1. The number of nitriles is 1. The molecule has 0 bridgehead atoms. The quantitative estimate of drug-likeness (QED) is 0.124. The minimum Gasteiger partial charge on any atom is -0.436 e. The number of aryl methyl sites for hydroxylation is 1. The van der Waals surface area contributed by atoms with Gasteiger partial charge in [-0.2, -0.15) is 5.26 Å². The van der Waals surface area contributed by atoms with Gasteiger partial charge in [-0.3, -0.25) is 0 Å². The van der Waals surface area contributed by atoms with Crippen molar-refractivity contribution in [3.63, 3.8) is 0 Å². The summed E-state index contributed by atoms with van der Waals surface area (Å²) in [6, 6.07) is 21.0. The molecule has 0 aromatic heterocycles. The van der Waals surface area contributed by atoms with E-state index in [9.17, 15) is 0 Å². The van der Waals surface area contributed by atoms with E-state index in [1.54, 1.807) is 0 Å². The lowest BCUT2D eigenvalue weighted by molar-refractivity contribution is 0.327. The second-order valence-corrected chi connectivity index (χ2v) is 29.5. The molecule has 0 unspecified atom stereocenters. The minimum atomic E-state index is -2.33. The molecule has 0 saturated heterocycles. The molecule has 0 radical (unpaired) electrons. The van der Waals surface area contributed by atoms with Crippen LogP contribution in [0.15, 0.2) is 48.5 Å². The fourth-order valence-electron chi connectivity index (χ4n) is 5.62. The summed E-state index contributed by atoms with van der Waals surface area (Å²) in [4.78, 5) is 0. The van der Waals surface area contributed by atoms with Crippen molar-refractivity contribution in [2.24, 2.45) is 0 Å². The largest absolute Gasteiger partial charge is 0.436 e. The Balaban J connectivity index is 1.84. The topological polar surface area (TPSA) is 51.5 Å². The van der Waals surface area contributed by atoms with Crippen molar-refractivity contribution in [3.8, 4) is 17.2 Å². The molecule has 0 spiro atoms. The molecule has 0 heterocycles. The van der Waals surface area contributed by atoms with Gasteiger partial charge >= 0.3 is 17.1 Å². The predicted octanol–water partition coefficient (Wildman–Crippen LogP) is 10.4. The number of benzene rings is 2. The highest BCUT2D eigenvalue weighted by Gasteiger charge is 2.43. The van der Waals surface area contributed by atoms with Crippen LogP contribution < -0.4 is 0 Å². The first kappa shape index (κ1) is 34.9. The molecule has 0 fully saturated rings. The van der Waals surface area contributed by atoms with E-state index in [1.165, 1.54) is 62.1 Å². The van der Waals surface area contributed by atoms with Gasteiger partial charge in [0.1, 0.15) is 0 Å². The van der Waals surface area contributed by atoms with Crippen LogP contribution in [0.3, 0.4) is 0 Å². The maximum absolute atomic E-state index is 9.03. The smallest absolute Gasteiger partial charge is 0.312 e. The molecule has 0 amide bonds. The van der Waals surface area contributed by atoms with Gasteiger partial charge in [0.2, 0.25) is 0 Å². The van der Waals surface area contributed by atoms with E-state index in [0.29, 0.717) is 5.56 Å². The standard InChI is InChI=1S/C32H55NO3Si4/c1-10-11-12-13-14-15-16-26-37(2,3)34-39(6,7)36-40(8,9)35-38(4,5)27-25-29-17-21-31(22-18-29)32-23-19-30(28-33)20-24-32/h17-24H,10-16,25-27H2,1-9H3. The van der Waals surface area contributed by atoms with Crippen LogP contribution in [-0.2, 0) is 18.8 Å². The summed E-state index contributed by atoms with van der Waals surface area (Å²) >= 11 is 0. The Labute approximate surface area is 250 Å². The Hall–Kier alpha value is -1.32. The van der Waals surface area contributed by atoms with Crippen molar-refractivity contribution in [1.82, 2.24) is 0 Å².